The van der Waals surface area contributed by atoms with Crippen LogP contribution >= 0.6 is 0 Å². The smallest absolute Gasteiger partial charge is 0.227 e. The highest BCUT2D eigenvalue weighted by Gasteiger charge is 2.31. The molecule has 0 aromatic carbocycles. The van der Waals surface area contributed by atoms with Crippen molar-refractivity contribution in [2.45, 2.75) is 38.0 Å². The standard InChI is InChI=1S/C18H22N2O2/c21-18(20-12-9-16-6-3-13-22-16)17(14-4-1-2-5-14)15-7-10-19-11-8-15/h3,6-8,10-11,13-14,17H,1-2,4-5,9,12H2,(H,20,21). The first kappa shape index (κ1) is 14.8. The van der Waals surface area contributed by atoms with Crippen LogP contribution in [0.2, 0.25) is 0 Å². The monoisotopic (exact) mass is 298 g/mol. The lowest BCUT2D eigenvalue weighted by molar-refractivity contribution is -0.123. The summed E-state index contributed by atoms with van der Waals surface area (Å²) in [5.74, 6) is 1.43. The summed E-state index contributed by atoms with van der Waals surface area (Å²) in [5.41, 5.74) is 1.08. The van der Waals surface area contributed by atoms with Crippen LogP contribution in [0.15, 0.2) is 47.3 Å². The number of nitrogens with one attached hydrogen (secondary N) is 1. The second-order valence-electron chi connectivity index (χ2n) is 5.92. The normalized spacial score (nSPS) is 16.5. The number of hydrogen-bond acceptors (Lipinski definition) is 3. The molecular weight excluding hydrogens is 276 g/mol. The van der Waals surface area contributed by atoms with Gasteiger partial charge in [0.1, 0.15) is 5.76 Å². The highest BCUT2D eigenvalue weighted by molar-refractivity contribution is 5.84. The van der Waals surface area contributed by atoms with Crippen molar-refractivity contribution < 1.29 is 9.21 Å². The van der Waals surface area contributed by atoms with Crippen LogP contribution in [0.3, 0.4) is 0 Å². The highest BCUT2D eigenvalue weighted by Crippen LogP contribution is 2.37. The van der Waals surface area contributed by atoms with Gasteiger partial charge < -0.3 is 9.73 Å². The van der Waals surface area contributed by atoms with Crippen LogP contribution in [0, 0.1) is 5.92 Å². The summed E-state index contributed by atoms with van der Waals surface area (Å²) in [6, 6.07) is 7.74. The number of nitrogens with zero attached hydrogens (tertiary/aromatic N) is 1. The zero-order valence-corrected chi connectivity index (χ0v) is 12.7. The molecule has 0 spiro atoms. The molecule has 0 bridgehead atoms. The molecule has 2 aromatic rings. The van der Waals surface area contributed by atoms with Crippen LogP contribution in [0.5, 0.6) is 0 Å². The van der Waals surface area contributed by atoms with Gasteiger partial charge in [-0.2, -0.15) is 0 Å². The van der Waals surface area contributed by atoms with Crippen LogP contribution in [0.1, 0.15) is 42.9 Å². The lowest BCUT2D eigenvalue weighted by Crippen LogP contribution is -2.34. The van der Waals surface area contributed by atoms with Crippen molar-refractivity contribution in [3.05, 3.63) is 54.2 Å². The Morgan fingerprint density at radius 3 is 2.73 bits per heavy atom. The molecule has 1 aliphatic carbocycles. The predicted molar refractivity (Wildman–Crippen MR) is 84.4 cm³/mol. The van der Waals surface area contributed by atoms with Crippen molar-refractivity contribution in [3.63, 3.8) is 0 Å². The molecule has 0 aliphatic heterocycles. The molecule has 4 heteroatoms. The van der Waals surface area contributed by atoms with Crippen LogP contribution in [-0.4, -0.2) is 17.4 Å². The number of carbonyl (C=O) groups is 1. The molecule has 22 heavy (non-hydrogen) atoms. The number of hydrogen-bond donors (Lipinski definition) is 1. The molecule has 1 unspecified atom stereocenters. The third-order valence-electron chi connectivity index (χ3n) is 4.47. The summed E-state index contributed by atoms with van der Waals surface area (Å²) in [7, 11) is 0. The first-order valence-electron chi connectivity index (χ1n) is 8.04. The summed E-state index contributed by atoms with van der Waals surface area (Å²) in [5, 5.41) is 3.08. The fraction of sp³-hybridized carbons (Fsp3) is 0.444. The quantitative estimate of drug-likeness (QED) is 0.890. The van der Waals surface area contributed by atoms with E-state index >= 15 is 0 Å². The second kappa shape index (κ2) is 7.25. The molecule has 4 nitrogen and oxygen atoms in total. The zero-order valence-electron chi connectivity index (χ0n) is 12.7. The Bertz CT molecular complexity index is 574. The average Bonchev–Trinajstić information content (AvgIpc) is 3.22. The molecule has 1 aliphatic rings. The van der Waals surface area contributed by atoms with Gasteiger partial charge in [0.15, 0.2) is 0 Å². The minimum atomic E-state index is -0.0536. The van der Waals surface area contributed by atoms with E-state index in [1.165, 1.54) is 12.8 Å². The van der Waals surface area contributed by atoms with E-state index in [-0.39, 0.29) is 11.8 Å². The van der Waals surface area contributed by atoms with Gasteiger partial charge in [0.05, 0.1) is 12.2 Å². The third-order valence-corrected chi connectivity index (χ3v) is 4.47. The van der Waals surface area contributed by atoms with E-state index in [9.17, 15) is 4.79 Å². The Morgan fingerprint density at radius 2 is 2.05 bits per heavy atom. The Balaban J connectivity index is 1.64. The zero-order chi connectivity index (χ0) is 15.2. The highest BCUT2D eigenvalue weighted by atomic mass is 16.3. The predicted octanol–water partition coefficient (Wildman–Crippen LogP) is 3.31. The van der Waals surface area contributed by atoms with Crippen molar-refractivity contribution in [3.8, 4) is 0 Å². The van der Waals surface area contributed by atoms with Crippen LogP contribution in [-0.2, 0) is 11.2 Å². The number of carbonyl (C=O) groups excluding carboxylic acids is 1. The van der Waals surface area contributed by atoms with E-state index < -0.39 is 0 Å². The topological polar surface area (TPSA) is 55.1 Å². The number of furan rings is 1. The van der Waals surface area contributed by atoms with Gasteiger partial charge in [-0.05, 0) is 48.6 Å². The van der Waals surface area contributed by atoms with Crippen molar-refractivity contribution in [1.82, 2.24) is 10.3 Å². The number of aromatic nitrogens is 1. The minimum Gasteiger partial charge on any atom is -0.469 e. The fourth-order valence-corrected chi connectivity index (χ4v) is 3.37. The van der Waals surface area contributed by atoms with Gasteiger partial charge in [0, 0.05) is 25.4 Å². The van der Waals surface area contributed by atoms with Crippen LogP contribution in [0.4, 0.5) is 0 Å². The fourth-order valence-electron chi connectivity index (χ4n) is 3.37. The van der Waals surface area contributed by atoms with Crippen molar-refractivity contribution in [2.24, 2.45) is 5.92 Å². The first-order chi connectivity index (χ1) is 10.8. The molecular formula is C18H22N2O2. The van der Waals surface area contributed by atoms with Gasteiger partial charge >= 0.3 is 0 Å². The molecule has 116 valence electrons. The SMILES string of the molecule is O=C(NCCc1ccco1)C(c1ccncc1)C1CCCC1. The second-order valence-corrected chi connectivity index (χ2v) is 5.92. The van der Waals surface area contributed by atoms with Gasteiger partial charge in [0.2, 0.25) is 5.91 Å². The Morgan fingerprint density at radius 1 is 1.27 bits per heavy atom. The molecule has 0 saturated heterocycles. The van der Waals surface area contributed by atoms with Crippen molar-refractivity contribution in [1.29, 1.82) is 0 Å². The molecule has 1 amide bonds. The number of rotatable bonds is 6. The molecule has 1 saturated carbocycles. The average molecular weight is 298 g/mol. The third kappa shape index (κ3) is 3.56. The molecule has 2 aromatic heterocycles. The summed E-state index contributed by atoms with van der Waals surface area (Å²) in [4.78, 5) is 16.8. The molecule has 1 atom stereocenters. The van der Waals surface area contributed by atoms with Crippen molar-refractivity contribution in [2.75, 3.05) is 6.54 Å². The van der Waals surface area contributed by atoms with Gasteiger partial charge in [-0.25, -0.2) is 0 Å². The summed E-state index contributed by atoms with van der Waals surface area (Å²) in [6.45, 7) is 0.612. The van der Waals surface area contributed by atoms with Gasteiger partial charge in [0.25, 0.3) is 0 Å². The summed E-state index contributed by atoms with van der Waals surface area (Å²) >= 11 is 0. The van der Waals surface area contributed by atoms with Gasteiger partial charge in [-0.1, -0.05) is 12.8 Å². The van der Waals surface area contributed by atoms with Crippen molar-refractivity contribution >= 4 is 5.91 Å². The molecule has 3 rings (SSSR count). The van der Waals surface area contributed by atoms with Crippen LogP contribution in [0.25, 0.3) is 0 Å². The lowest BCUT2D eigenvalue weighted by atomic mass is 9.84. The lowest BCUT2D eigenvalue weighted by Gasteiger charge is -2.23. The van der Waals surface area contributed by atoms with Gasteiger partial charge in [-0.3, -0.25) is 9.78 Å². The maximum absolute atomic E-state index is 12.7. The number of pyridine rings is 1. The number of amides is 1. The van der Waals surface area contributed by atoms with E-state index in [0.717, 1.165) is 30.6 Å². The van der Waals surface area contributed by atoms with Gasteiger partial charge in [-0.15, -0.1) is 0 Å². The molecule has 1 fully saturated rings. The minimum absolute atomic E-state index is 0.0536. The first-order valence-corrected chi connectivity index (χ1v) is 8.04. The van der Waals surface area contributed by atoms with E-state index in [4.69, 9.17) is 4.42 Å². The molecule has 0 radical (unpaired) electrons. The Hall–Kier alpha value is -2.10. The molecule has 1 N–H and O–H groups in total. The van der Waals surface area contributed by atoms with E-state index in [1.54, 1.807) is 18.7 Å². The summed E-state index contributed by atoms with van der Waals surface area (Å²) in [6.07, 6.45) is 10.7. The maximum Gasteiger partial charge on any atom is 0.227 e. The largest absolute Gasteiger partial charge is 0.469 e. The van der Waals surface area contributed by atoms with E-state index in [0.29, 0.717) is 12.5 Å². The van der Waals surface area contributed by atoms with E-state index in [2.05, 4.69) is 10.3 Å². The van der Waals surface area contributed by atoms with E-state index in [1.807, 2.05) is 24.3 Å². The maximum atomic E-state index is 12.7. The molecule has 2 heterocycles. The van der Waals surface area contributed by atoms with Crippen LogP contribution < -0.4 is 5.32 Å². The Kier molecular flexibility index (Phi) is 4.88. The Labute approximate surface area is 130 Å². The summed E-state index contributed by atoms with van der Waals surface area (Å²) < 4.78 is 5.30.